The molecule has 22 heavy (non-hydrogen) atoms. The van der Waals surface area contributed by atoms with Crippen molar-refractivity contribution in [1.82, 2.24) is 9.97 Å². The monoisotopic (exact) mass is 321 g/mol. The van der Waals surface area contributed by atoms with Gasteiger partial charge in [-0.3, -0.25) is 4.72 Å². The summed E-state index contributed by atoms with van der Waals surface area (Å²) in [5.74, 6) is -0.689. The van der Waals surface area contributed by atoms with Crippen molar-refractivity contribution in [1.29, 1.82) is 0 Å². The zero-order valence-electron chi connectivity index (χ0n) is 11.3. The molecule has 3 N–H and O–H groups in total. The Labute approximate surface area is 125 Å². The summed E-state index contributed by atoms with van der Waals surface area (Å²) in [7, 11) is -3.64. The highest BCUT2D eigenvalue weighted by Gasteiger charge is 2.12. The first-order valence-corrected chi connectivity index (χ1v) is 8.03. The minimum atomic E-state index is -3.64. The molecular formula is C14H12FN3O3S. The molecular weight excluding hydrogens is 309 g/mol. The third kappa shape index (κ3) is 3.17. The molecule has 0 unspecified atom stereocenters. The van der Waals surface area contributed by atoms with E-state index in [9.17, 15) is 17.6 Å². The highest BCUT2D eigenvalue weighted by molar-refractivity contribution is 7.91. The highest BCUT2D eigenvalue weighted by Crippen LogP contribution is 2.17. The number of aromatic nitrogens is 2. The van der Waals surface area contributed by atoms with Crippen molar-refractivity contribution in [2.75, 3.05) is 4.72 Å². The number of halogens is 1. The second-order valence-electron chi connectivity index (χ2n) is 4.83. The third-order valence-corrected chi connectivity index (χ3v) is 4.32. The number of nitrogens with one attached hydrogen (secondary N) is 3. The number of hydrogen-bond acceptors (Lipinski definition) is 3. The highest BCUT2D eigenvalue weighted by atomic mass is 32.2. The number of benzene rings is 2. The van der Waals surface area contributed by atoms with Crippen molar-refractivity contribution in [3.8, 4) is 0 Å². The molecule has 3 rings (SSSR count). The molecule has 0 atom stereocenters. The third-order valence-electron chi connectivity index (χ3n) is 3.06. The Hall–Kier alpha value is -2.61. The van der Waals surface area contributed by atoms with Crippen LogP contribution in [0.25, 0.3) is 11.0 Å². The summed E-state index contributed by atoms with van der Waals surface area (Å²) in [5, 5.41) is 0. The molecule has 1 aromatic heterocycles. The van der Waals surface area contributed by atoms with E-state index in [1.165, 1.54) is 30.3 Å². The van der Waals surface area contributed by atoms with Gasteiger partial charge in [-0.15, -0.1) is 0 Å². The molecule has 6 nitrogen and oxygen atoms in total. The maximum Gasteiger partial charge on any atom is 0.323 e. The van der Waals surface area contributed by atoms with Crippen LogP contribution in [0.2, 0.25) is 0 Å². The van der Waals surface area contributed by atoms with Crippen molar-refractivity contribution in [3.05, 3.63) is 64.3 Å². The summed E-state index contributed by atoms with van der Waals surface area (Å²) in [4.78, 5) is 16.3. The Morgan fingerprint density at radius 1 is 1.00 bits per heavy atom. The Balaban J connectivity index is 1.82. The van der Waals surface area contributed by atoms with E-state index in [0.717, 1.165) is 0 Å². The SMILES string of the molecule is O=c1[nH]c2ccc(NS(=O)(=O)Cc3ccc(F)cc3)cc2[nH]1. The minimum absolute atomic E-state index is 0.269. The molecule has 114 valence electrons. The number of anilines is 1. The smallest absolute Gasteiger partial charge is 0.306 e. The van der Waals surface area contributed by atoms with E-state index >= 15 is 0 Å². The van der Waals surface area contributed by atoms with Gasteiger partial charge in [0.05, 0.1) is 22.5 Å². The van der Waals surface area contributed by atoms with E-state index in [4.69, 9.17) is 0 Å². The average molecular weight is 321 g/mol. The zero-order valence-corrected chi connectivity index (χ0v) is 12.1. The number of H-pyrrole nitrogens is 2. The second kappa shape index (κ2) is 5.30. The number of imidazole rings is 1. The van der Waals surface area contributed by atoms with Gasteiger partial charge in [0.1, 0.15) is 5.82 Å². The fourth-order valence-electron chi connectivity index (χ4n) is 2.11. The predicted molar refractivity (Wildman–Crippen MR) is 81.6 cm³/mol. The summed E-state index contributed by atoms with van der Waals surface area (Å²) in [6, 6.07) is 9.93. The van der Waals surface area contributed by atoms with Crippen LogP contribution in [0.15, 0.2) is 47.3 Å². The minimum Gasteiger partial charge on any atom is -0.306 e. The molecule has 0 radical (unpaired) electrons. The van der Waals surface area contributed by atoms with Gasteiger partial charge >= 0.3 is 5.69 Å². The fourth-order valence-corrected chi connectivity index (χ4v) is 3.30. The van der Waals surface area contributed by atoms with Gasteiger partial charge in [0.15, 0.2) is 0 Å². The molecule has 0 saturated heterocycles. The van der Waals surface area contributed by atoms with Crippen molar-refractivity contribution >= 4 is 26.7 Å². The van der Waals surface area contributed by atoms with Gasteiger partial charge in [-0.1, -0.05) is 12.1 Å². The number of hydrogen-bond donors (Lipinski definition) is 3. The lowest BCUT2D eigenvalue weighted by atomic mass is 10.2. The van der Waals surface area contributed by atoms with Crippen molar-refractivity contribution < 1.29 is 12.8 Å². The summed E-state index contributed by atoms with van der Waals surface area (Å²) in [6.45, 7) is 0. The molecule has 1 heterocycles. The van der Waals surface area contributed by atoms with Crippen molar-refractivity contribution in [2.24, 2.45) is 0 Å². The first-order valence-electron chi connectivity index (χ1n) is 6.38. The Morgan fingerprint density at radius 3 is 2.41 bits per heavy atom. The van der Waals surface area contributed by atoms with Crippen LogP contribution in [0.5, 0.6) is 0 Å². The topological polar surface area (TPSA) is 94.8 Å². The first kappa shape index (κ1) is 14.3. The normalized spacial score (nSPS) is 11.7. The molecule has 8 heteroatoms. The summed E-state index contributed by atoms with van der Waals surface area (Å²) < 4.78 is 39.5. The van der Waals surface area contributed by atoms with Gasteiger partial charge in [0, 0.05) is 0 Å². The molecule has 0 amide bonds. The molecule has 2 aromatic carbocycles. The van der Waals surface area contributed by atoms with E-state index < -0.39 is 15.8 Å². The van der Waals surface area contributed by atoms with Crippen LogP contribution in [0.4, 0.5) is 10.1 Å². The van der Waals surface area contributed by atoms with E-state index in [-0.39, 0.29) is 11.4 Å². The fraction of sp³-hybridized carbons (Fsp3) is 0.0714. The quantitative estimate of drug-likeness (QED) is 0.685. The number of sulfonamides is 1. The molecule has 3 aromatic rings. The van der Waals surface area contributed by atoms with Crippen molar-refractivity contribution in [2.45, 2.75) is 5.75 Å². The van der Waals surface area contributed by atoms with Gasteiger partial charge in [-0.05, 0) is 35.9 Å². The molecule has 0 saturated carbocycles. The molecule has 0 aliphatic rings. The van der Waals surface area contributed by atoms with Crippen LogP contribution >= 0.6 is 0 Å². The van der Waals surface area contributed by atoms with E-state index in [1.807, 2.05) is 0 Å². The lowest BCUT2D eigenvalue weighted by Crippen LogP contribution is -2.15. The van der Waals surface area contributed by atoms with Gasteiger partial charge in [0.2, 0.25) is 10.0 Å². The Bertz CT molecular complexity index is 974. The number of rotatable bonds is 4. The standard InChI is InChI=1S/C14H12FN3O3S/c15-10-3-1-9(2-4-10)8-22(20,21)18-11-5-6-12-13(7-11)17-14(19)16-12/h1-7,18H,8H2,(H2,16,17,19). The van der Waals surface area contributed by atoms with E-state index in [1.54, 1.807) is 12.1 Å². The van der Waals surface area contributed by atoms with Crippen LogP contribution in [0.1, 0.15) is 5.56 Å². The van der Waals surface area contributed by atoms with E-state index in [2.05, 4.69) is 14.7 Å². The largest absolute Gasteiger partial charge is 0.323 e. The first-order chi connectivity index (χ1) is 10.4. The molecule has 0 bridgehead atoms. The van der Waals surface area contributed by atoms with Crippen LogP contribution in [-0.4, -0.2) is 18.4 Å². The molecule has 0 aliphatic heterocycles. The maximum atomic E-state index is 12.8. The zero-order chi connectivity index (χ0) is 15.7. The van der Waals surface area contributed by atoms with Gasteiger partial charge in [-0.2, -0.15) is 0 Å². The lowest BCUT2D eigenvalue weighted by molar-refractivity contribution is 0.600. The summed E-state index contributed by atoms with van der Waals surface area (Å²) in [6.07, 6.45) is 0. The molecule has 0 aliphatic carbocycles. The lowest BCUT2D eigenvalue weighted by Gasteiger charge is -2.08. The predicted octanol–water partition coefficient (Wildman–Crippen LogP) is 1.94. The summed E-state index contributed by atoms with van der Waals surface area (Å²) >= 11 is 0. The van der Waals surface area contributed by atoms with Crippen molar-refractivity contribution in [3.63, 3.8) is 0 Å². The van der Waals surface area contributed by atoms with Crippen LogP contribution in [0.3, 0.4) is 0 Å². The maximum absolute atomic E-state index is 12.8. The van der Waals surface area contributed by atoms with Crippen LogP contribution in [-0.2, 0) is 15.8 Å². The Kier molecular flexibility index (Phi) is 3.45. The number of aromatic amines is 2. The van der Waals surface area contributed by atoms with Crippen LogP contribution < -0.4 is 10.4 Å². The average Bonchev–Trinajstić information content (AvgIpc) is 2.80. The van der Waals surface area contributed by atoms with Crippen LogP contribution in [0, 0.1) is 5.82 Å². The van der Waals surface area contributed by atoms with Gasteiger partial charge < -0.3 is 9.97 Å². The number of fused-ring (bicyclic) bond motifs is 1. The van der Waals surface area contributed by atoms with Gasteiger partial charge in [-0.25, -0.2) is 17.6 Å². The second-order valence-corrected chi connectivity index (χ2v) is 6.55. The molecule has 0 spiro atoms. The molecule has 0 fully saturated rings. The van der Waals surface area contributed by atoms with Gasteiger partial charge in [0.25, 0.3) is 0 Å². The Morgan fingerprint density at radius 2 is 1.68 bits per heavy atom. The van der Waals surface area contributed by atoms with E-state index in [0.29, 0.717) is 22.3 Å². The summed E-state index contributed by atoms with van der Waals surface area (Å²) in [5.41, 5.74) is 1.55.